The van der Waals surface area contributed by atoms with Gasteiger partial charge in [-0.3, -0.25) is 14.4 Å². The number of hydrogen-bond donors (Lipinski definition) is 0. The highest BCUT2D eigenvalue weighted by Crippen LogP contribution is 2.16. The molecule has 1 atom stereocenters. The molecule has 0 aromatic carbocycles. The van der Waals surface area contributed by atoms with Gasteiger partial charge < -0.3 is 14.2 Å². The van der Waals surface area contributed by atoms with E-state index in [1.54, 1.807) is 0 Å². The predicted molar refractivity (Wildman–Crippen MR) is 252 cm³/mol. The van der Waals surface area contributed by atoms with E-state index in [9.17, 15) is 14.4 Å². The molecule has 0 saturated heterocycles. The molecule has 348 valence electrons. The van der Waals surface area contributed by atoms with Crippen molar-refractivity contribution < 1.29 is 28.6 Å². The second-order valence-electron chi connectivity index (χ2n) is 17.8. The third-order valence-corrected chi connectivity index (χ3v) is 11.8. The monoisotopic (exact) mass is 833 g/mol. The molecular weight excluding hydrogens is 733 g/mol. The molecule has 1 unspecified atom stereocenters. The zero-order valence-corrected chi connectivity index (χ0v) is 39.8. The lowest BCUT2D eigenvalue weighted by molar-refractivity contribution is -0.167. The number of carbonyl (C=O) groups excluding carboxylic acids is 3. The molecule has 0 radical (unpaired) electrons. The van der Waals surface area contributed by atoms with Crippen LogP contribution in [0.25, 0.3) is 0 Å². The molecule has 6 heteroatoms. The summed E-state index contributed by atoms with van der Waals surface area (Å²) < 4.78 is 16.6. The topological polar surface area (TPSA) is 78.9 Å². The van der Waals surface area contributed by atoms with Gasteiger partial charge in [0.1, 0.15) is 13.2 Å². The zero-order valence-electron chi connectivity index (χ0n) is 39.8. The molecule has 0 aromatic heterocycles. The molecule has 6 nitrogen and oxygen atoms in total. The van der Waals surface area contributed by atoms with E-state index >= 15 is 0 Å². The van der Waals surface area contributed by atoms with Crippen molar-refractivity contribution in [3.05, 3.63) is 12.2 Å². The first-order chi connectivity index (χ1) is 29.0. The van der Waals surface area contributed by atoms with Gasteiger partial charge in [0, 0.05) is 19.3 Å². The fraction of sp³-hybridized carbons (Fsp3) is 0.906. The van der Waals surface area contributed by atoms with Crippen molar-refractivity contribution in [2.75, 3.05) is 13.2 Å². The van der Waals surface area contributed by atoms with Crippen LogP contribution in [0.4, 0.5) is 0 Å². The first kappa shape index (κ1) is 57.1. The summed E-state index contributed by atoms with van der Waals surface area (Å²) >= 11 is 0. The van der Waals surface area contributed by atoms with E-state index in [1.807, 2.05) is 0 Å². The van der Waals surface area contributed by atoms with Crippen LogP contribution in [-0.4, -0.2) is 37.2 Å². The van der Waals surface area contributed by atoms with Crippen LogP contribution >= 0.6 is 0 Å². The van der Waals surface area contributed by atoms with Gasteiger partial charge in [-0.05, 0) is 44.9 Å². The molecule has 0 aliphatic carbocycles. The molecular formula is C53H100O6. The van der Waals surface area contributed by atoms with Crippen LogP contribution in [0.1, 0.15) is 290 Å². The van der Waals surface area contributed by atoms with Gasteiger partial charge in [0.05, 0.1) is 0 Å². The average molecular weight is 833 g/mol. The average Bonchev–Trinajstić information content (AvgIpc) is 3.23. The van der Waals surface area contributed by atoms with Crippen molar-refractivity contribution in [2.45, 2.75) is 297 Å². The predicted octanol–water partition coefficient (Wildman–Crippen LogP) is 17.0. The van der Waals surface area contributed by atoms with Crippen molar-refractivity contribution in [3.8, 4) is 0 Å². The highest BCUT2D eigenvalue weighted by molar-refractivity contribution is 5.71. The first-order valence-corrected chi connectivity index (χ1v) is 26.2. The van der Waals surface area contributed by atoms with Crippen LogP contribution in [0.15, 0.2) is 12.2 Å². The number of rotatable bonds is 48. The maximum absolute atomic E-state index is 12.6. The summed E-state index contributed by atoms with van der Waals surface area (Å²) in [5, 5.41) is 0. The molecule has 0 aromatic rings. The summed E-state index contributed by atoms with van der Waals surface area (Å²) in [5.41, 5.74) is 0. The minimum Gasteiger partial charge on any atom is -0.462 e. The Morgan fingerprint density at radius 3 is 0.847 bits per heavy atom. The highest BCUT2D eigenvalue weighted by Gasteiger charge is 2.19. The molecule has 0 heterocycles. The maximum Gasteiger partial charge on any atom is 0.306 e. The van der Waals surface area contributed by atoms with Gasteiger partial charge in [0.2, 0.25) is 0 Å². The second kappa shape index (κ2) is 48.8. The SMILES string of the molecule is CCCCCCCCCC/C=C\CCCCCCCCCCCCCCCCCC(=O)OCC(COC(=O)CCCCCCCCC)OC(=O)CCCCCCCCC. The fourth-order valence-electron chi connectivity index (χ4n) is 7.79. The zero-order chi connectivity index (χ0) is 43.0. The van der Waals surface area contributed by atoms with Gasteiger partial charge in [-0.25, -0.2) is 0 Å². The summed E-state index contributed by atoms with van der Waals surface area (Å²) in [6.45, 7) is 6.58. The minimum atomic E-state index is -0.759. The van der Waals surface area contributed by atoms with Gasteiger partial charge in [0.25, 0.3) is 0 Å². The smallest absolute Gasteiger partial charge is 0.306 e. The van der Waals surface area contributed by atoms with Gasteiger partial charge in [0.15, 0.2) is 6.10 Å². The Labute approximate surface area is 367 Å². The standard InChI is InChI=1S/C53H100O6/c1-4-7-10-13-16-17-18-19-20-21-22-23-24-25-26-27-28-29-30-31-32-33-34-35-38-40-43-46-52(55)58-49-50(59-53(56)47-44-41-37-15-12-9-6-3)48-57-51(54)45-42-39-36-14-11-8-5-2/h21-22,50H,4-20,23-49H2,1-3H3/b22-21-. The van der Waals surface area contributed by atoms with Crippen LogP contribution in [0.2, 0.25) is 0 Å². The van der Waals surface area contributed by atoms with Crippen molar-refractivity contribution in [3.63, 3.8) is 0 Å². The number of esters is 3. The third kappa shape index (κ3) is 47.1. The van der Waals surface area contributed by atoms with Crippen LogP contribution < -0.4 is 0 Å². The first-order valence-electron chi connectivity index (χ1n) is 26.2. The molecule has 0 N–H and O–H groups in total. The van der Waals surface area contributed by atoms with Crippen LogP contribution in [-0.2, 0) is 28.6 Å². The molecule has 0 saturated carbocycles. The normalized spacial score (nSPS) is 12.0. The molecule has 59 heavy (non-hydrogen) atoms. The van der Waals surface area contributed by atoms with E-state index in [1.165, 1.54) is 193 Å². The molecule has 0 rings (SSSR count). The van der Waals surface area contributed by atoms with Crippen molar-refractivity contribution in [2.24, 2.45) is 0 Å². The van der Waals surface area contributed by atoms with Crippen LogP contribution in [0.3, 0.4) is 0 Å². The fourth-order valence-corrected chi connectivity index (χ4v) is 7.79. The van der Waals surface area contributed by atoms with Gasteiger partial charge in [-0.2, -0.15) is 0 Å². The lowest BCUT2D eigenvalue weighted by atomic mass is 10.0. The Balaban J connectivity index is 3.91. The summed E-state index contributed by atoms with van der Waals surface area (Å²) in [6, 6.07) is 0. The Kier molecular flexibility index (Phi) is 47.3. The summed E-state index contributed by atoms with van der Waals surface area (Å²) in [6.07, 6.45) is 54.0. The van der Waals surface area contributed by atoms with Gasteiger partial charge in [-0.15, -0.1) is 0 Å². The number of allylic oxidation sites excluding steroid dienone is 2. The highest BCUT2D eigenvalue weighted by atomic mass is 16.6. The van der Waals surface area contributed by atoms with E-state index in [2.05, 4.69) is 32.9 Å². The summed E-state index contributed by atoms with van der Waals surface area (Å²) in [4.78, 5) is 37.5. The second-order valence-corrected chi connectivity index (χ2v) is 17.8. The number of unbranched alkanes of at least 4 members (excludes halogenated alkanes) is 35. The Hall–Kier alpha value is -1.85. The van der Waals surface area contributed by atoms with Gasteiger partial charge >= 0.3 is 17.9 Å². The van der Waals surface area contributed by atoms with E-state index in [0.717, 1.165) is 57.8 Å². The quantitative estimate of drug-likeness (QED) is 0.0263. The van der Waals surface area contributed by atoms with Crippen LogP contribution in [0.5, 0.6) is 0 Å². The number of hydrogen-bond acceptors (Lipinski definition) is 6. The molecule has 0 fully saturated rings. The van der Waals surface area contributed by atoms with E-state index in [4.69, 9.17) is 14.2 Å². The minimum absolute atomic E-state index is 0.0658. The molecule has 0 bridgehead atoms. The molecule has 0 amide bonds. The lowest BCUT2D eigenvalue weighted by Gasteiger charge is -2.18. The summed E-state index contributed by atoms with van der Waals surface area (Å²) in [5.74, 6) is -0.868. The molecule has 0 aliphatic heterocycles. The molecule has 0 aliphatic rings. The largest absolute Gasteiger partial charge is 0.462 e. The van der Waals surface area contributed by atoms with Crippen molar-refractivity contribution >= 4 is 17.9 Å². The van der Waals surface area contributed by atoms with Crippen molar-refractivity contribution in [1.29, 1.82) is 0 Å². The number of ether oxygens (including phenoxy) is 3. The van der Waals surface area contributed by atoms with Crippen molar-refractivity contribution in [1.82, 2.24) is 0 Å². The van der Waals surface area contributed by atoms with E-state index in [0.29, 0.717) is 19.3 Å². The Bertz CT molecular complexity index is 916. The van der Waals surface area contributed by atoms with Gasteiger partial charge in [-0.1, -0.05) is 238 Å². The third-order valence-electron chi connectivity index (χ3n) is 11.8. The Morgan fingerprint density at radius 1 is 0.322 bits per heavy atom. The maximum atomic E-state index is 12.6. The lowest BCUT2D eigenvalue weighted by Crippen LogP contribution is -2.30. The van der Waals surface area contributed by atoms with E-state index in [-0.39, 0.29) is 31.1 Å². The van der Waals surface area contributed by atoms with E-state index < -0.39 is 6.10 Å². The molecule has 0 spiro atoms. The Morgan fingerprint density at radius 2 is 0.559 bits per heavy atom. The number of carbonyl (C=O) groups is 3. The summed E-state index contributed by atoms with van der Waals surface area (Å²) in [7, 11) is 0. The van der Waals surface area contributed by atoms with Crippen LogP contribution in [0, 0.1) is 0 Å².